The molecule has 0 unspecified atom stereocenters. The molecule has 1 saturated heterocycles. The van der Waals surface area contributed by atoms with E-state index in [0.29, 0.717) is 17.5 Å². The van der Waals surface area contributed by atoms with Crippen LogP contribution in [0.5, 0.6) is 0 Å². The van der Waals surface area contributed by atoms with Crippen LogP contribution in [0.25, 0.3) is 0 Å². The normalized spacial score (nSPS) is 18.2. The lowest BCUT2D eigenvalue weighted by Gasteiger charge is -2.11. The fourth-order valence-corrected chi connectivity index (χ4v) is 2.47. The molecule has 0 aliphatic carbocycles. The average Bonchev–Trinajstić information content (AvgIpc) is 2.79. The molecule has 1 aromatic rings. The molecular weight excluding hydrogens is 258 g/mol. The molecule has 1 fully saturated rings. The first kappa shape index (κ1) is 13.5. The number of nitrogens with zero attached hydrogens (tertiary/aromatic N) is 3. The van der Waals surface area contributed by atoms with Crippen molar-refractivity contribution in [3.05, 3.63) is 48.6 Å². The predicted octanol–water partition coefficient (Wildman–Crippen LogP) is 2.53. The van der Waals surface area contributed by atoms with E-state index in [9.17, 15) is 4.79 Å². The Morgan fingerprint density at radius 1 is 1.47 bits per heavy atom. The molecule has 19 heavy (non-hydrogen) atoms. The summed E-state index contributed by atoms with van der Waals surface area (Å²) in [5.41, 5.74) is 1.85. The molecule has 1 aliphatic heterocycles. The van der Waals surface area contributed by atoms with Gasteiger partial charge in [0.25, 0.3) is 0 Å². The Bertz CT molecular complexity index is 537. The summed E-state index contributed by atoms with van der Waals surface area (Å²) in [5.74, 6) is 0.475. The number of hydrogen-bond acceptors (Lipinski definition) is 4. The van der Waals surface area contributed by atoms with Crippen LogP contribution in [0.1, 0.15) is 12.5 Å². The Balaban J connectivity index is 2.17. The van der Waals surface area contributed by atoms with Crippen molar-refractivity contribution in [1.82, 2.24) is 4.90 Å². The van der Waals surface area contributed by atoms with Crippen LogP contribution < -0.4 is 0 Å². The van der Waals surface area contributed by atoms with Crippen LogP contribution in [0.3, 0.4) is 0 Å². The first-order chi connectivity index (χ1) is 9.22. The van der Waals surface area contributed by atoms with E-state index in [1.807, 2.05) is 37.3 Å². The Hall–Kier alpha value is -1.88. The monoisotopic (exact) mass is 273 g/mol. The highest BCUT2D eigenvalue weighted by molar-refractivity contribution is 8.15. The molecule has 1 aliphatic rings. The second kappa shape index (κ2) is 6.33. The van der Waals surface area contributed by atoms with Gasteiger partial charge in [0.1, 0.15) is 0 Å². The minimum Gasteiger partial charge on any atom is -0.285 e. The van der Waals surface area contributed by atoms with Gasteiger partial charge in [0.15, 0.2) is 5.17 Å². The molecular formula is C14H15N3OS. The topological polar surface area (TPSA) is 45.0 Å². The number of amidine groups is 1. The predicted molar refractivity (Wildman–Crippen MR) is 80.5 cm³/mol. The van der Waals surface area contributed by atoms with Gasteiger partial charge in [-0.15, -0.1) is 11.7 Å². The summed E-state index contributed by atoms with van der Waals surface area (Å²) in [7, 11) is 0. The number of carbonyl (C=O) groups is 1. The molecule has 2 rings (SSSR count). The van der Waals surface area contributed by atoms with Crippen molar-refractivity contribution in [2.24, 2.45) is 10.2 Å². The second-order valence-corrected chi connectivity index (χ2v) is 4.96. The van der Waals surface area contributed by atoms with E-state index in [-0.39, 0.29) is 5.91 Å². The lowest BCUT2D eigenvalue weighted by molar-refractivity contribution is -0.123. The van der Waals surface area contributed by atoms with Crippen molar-refractivity contribution < 1.29 is 4.79 Å². The molecule has 0 bridgehead atoms. The van der Waals surface area contributed by atoms with Crippen LogP contribution >= 0.6 is 11.8 Å². The van der Waals surface area contributed by atoms with Gasteiger partial charge in [0, 0.05) is 6.54 Å². The molecule has 1 amide bonds. The van der Waals surface area contributed by atoms with Gasteiger partial charge in [-0.05, 0) is 12.5 Å². The highest BCUT2D eigenvalue weighted by Gasteiger charge is 2.27. The highest BCUT2D eigenvalue weighted by Crippen LogP contribution is 2.19. The maximum absolute atomic E-state index is 11.6. The maximum Gasteiger partial charge on any atom is 0.239 e. The Morgan fingerprint density at radius 3 is 2.89 bits per heavy atom. The molecule has 0 atom stereocenters. The Labute approximate surface area is 116 Å². The lowest BCUT2D eigenvalue weighted by atomic mass is 10.1. The number of thioether (sulfide) groups is 1. The van der Waals surface area contributed by atoms with Crippen molar-refractivity contribution >= 4 is 28.5 Å². The second-order valence-electron chi connectivity index (χ2n) is 4.02. The summed E-state index contributed by atoms with van der Waals surface area (Å²) in [5, 5.41) is 9.01. The van der Waals surface area contributed by atoms with Gasteiger partial charge in [0.05, 0.1) is 11.5 Å². The number of rotatable bonds is 4. The fourth-order valence-electron chi connectivity index (χ4n) is 1.64. The van der Waals surface area contributed by atoms with Crippen molar-refractivity contribution in [1.29, 1.82) is 0 Å². The Morgan fingerprint density at radius 2 is 2.21 bits per heavy atom. The van der Waals surface area contributed by atoms with E-state index in [2.05, 4.69) is 16.8 Å². The van der Waals surface area contributed by atoms with Gasteiger partial charge in [-0.25, -0.2) is 0 Å². The quantitative estimate of drug-likeness (QED) is 0.481. The number of amides is 1. The standard InChI is InChI=1S/C14H15N3OS/c1-3-9-17-13(18)10-19-14(17)16-15-11(2)12-7-5-4-6-8-12/h3-8H,1,9-10H2,2H3. The fraction of sp³-hybridized carbons (Fsp3) is 0.214. The SMILES string of the molecule is C=CCN1C(=O)CSC1=NN=C(C)c1ccccc1. The molecule has 0 saturated carbocycles. The van der Waals surface area contributed by atoms with E-state index < -0.39 is 0 Å². The smallest absolute Gasteiger partial charge is 0.239 e. The van der Waals surface area contributed by atoms with Crippen LogP contribution in [-0.2, 0) is 4.79 Å². The number of carbonyl (C=O) groups excluding carboxylic acids is 1. The van der Waals surface area contributed by atoms with Gasteiger partial charge in [-0.2, -0.15) is 5.10 Å². The summed E-state index contributed by atoms with van der Waals surface area (Å²) < 4.78 is 0. The summed E-state index contributed by atoms with van der Waals surface area (Å²) in [4.78, 5) is 13.2. The molecule has 98 valence electrons. The molecule has 5 heteroatoms. The third kappa shape index (κ3) is 3.32. The van der Waals surface area contributed by atoms with Crippen LogP contribution in [0.15, 0.2) is 53.2 Å². The summed E-state index contributed by atoms with van der Waals surface area (Å²) in [6, 6.07) is 9.83. The van der Waals surface area contributed by atoms with Gasteiger partial charge in [-0.3, -0.25) is 9.69 Å². The summed E-state index contributed by atoms with van der Waals surface area (Å²) in [6.07, 6.45) is 1.69. The van der Waals surface area contributed by atoms with Crippen molar-refractivity contribution in [3.8, 4) is 0 Å². The van der Waals surface area contributed by atoms with Crippen LogP contribution in [-0.4, -0.2) is 34.0 Å². The van der Waals surface area contributed by atoms with E-state index in [1.54, 1.807) is 11.0 Å². The molecule has 0 aromatic heterocycles. The number of benzene rings is 1. The zero-order valence-corrected chi connectivity index (χ0v) is 11.6. The zero-order chi connectivity index (χ0) is 13.7. The van der Waals surface area contributed by atoms with Crippen molar-refractivity contribution in [3.63, 3.8) is 0 Å². The molecule has 1 aromatic carbocycles. The molecule has 0 spiro atoms. The van der Waals surface area contributed by atoms with Crippen LogP contribution in [0, 0.1) is 0 Å². The Kier molecular flexibility index (Phi) is 4.52. The van der Waals surface area contributed by atoms with Crippen molar-refractivity contribution in [2.45, 2.75) is 6.92 Å². The van der Waals surface area contributed by atoms with E-state index in [0.717, 1.165) is 11.3 Å². The highest BCUT2D eigenvalue weighted by atomic mass is 32.2. The zero-order valence-electron chi connectivity index (χ0n) is 10.7. The largest absolute Gasteiger partial charge is 0.285 e. The van der Waals surface area contributed by atoms with E-state index in [1.165, 1.54) is 11.8 Å². The van der Waals surface area contributed by atoms with E-state index in [4.69, 9.17) is 0 Å². The number of hydrogen-bond donors (Lipinski definition) is 0. The lowest BCUT2D eigenvalue weighted by Crippen LogP contribution is -2.29. The first-order valence-electron chi connectivity index (χ1n) is 5.94. The summed E-state index contributed by atoms with van der Waals surface area (Å²) >= 11 is 1.41. The minimum atomic E-state index is 0.0521. The van der Waals surface area contributed by atoms with E-state index >= 15 is 0 Å². The minimum absolute atomic E-state index is 0.0521. The van der Waals surface area contributed by atoms with Crippen LogP contribution in [0.4, 0.5) is 0 Å². The van der Waals surface area contributed by atoms with Crippen LogP contribution in [0.2, 0.25) is 0 Å². The van der Waals surface area contributed by atoms with Crippen molar-refractivity contribution in [2.75, 3.05) is 12.3 Å². The first-order valence-corrected chi connectivity index (χ1v) is 6.92. The maximum atomic E-state index is 11.6. The van der Waals surface area contributed by atoms with Gasteiger partial charge >= 0.3 is 0 Å². The molecule has 0 N–H and O–H groups in total. The van der Waals surface area contributed by atoms with Gasteiger partial charge < -0.3 is 0 Å². The molecule has 1 heterocycles. The van der Waals surface area contributed by atoms with Gasteiger partial charge in [-0.1, -0.05) is 48.2 Å². The third-order valence-corrected chi connectivity index (χ3v) is 3.60. The molecule has 0 radical (unpaired) electrons. The average molecular weight is 273 g/mol. The van der Waals surface area contributed by atoms with Gasteiger partial charge in [0.2, 0.25) is 5.91 Å². The summed E-state index contributed by atoms with van der Waals surface area (Å²) in [6.45, 7) is 6.02. The third-order valence-electron chi connectivity index (χ3n) is 2.65. The molecule has 4 nitrogen and oxygen atoms in total.